The fraction of sp³-hybridized carbons (Fsp3) is 0.429. The maximum Gasteiger partial charge on any atom is 0.126 e. The number of aryl methyl sites for hydroxylation is 1. The Morgan fingerprint density at radius 1 is 1.31 bits per heavy atom. The Bertz CT molecular complexity index is 407. The largest absolute Gasteiger partial charge is 0.212 e. The Labute approximate surface area is 95.0 Å². The molecule has 0 spiro atoms. The Hall–Kier alpha value is -1.18. The van der Waals surface area contributed by atoms with Gasteiger partial charge in [0.25, 0.3) is 0 Å². The van der Waals surface area contributed by atoms with E-state index in [-0.39, 0.29) is 17.6 Å². The molecule has 0 N–H and O–H groups in total. The zero-order chi connectivity index (χ0) is 11.5. The van der Waals surface area contributed by atoms with Crippen molar-refractivity contribution in [2.45, 2.75) is 32.6 Å². The van der Waals surface area contributed by atoms with Crippen molar-refractivity contribution in [2.24, 2.45) is 5.92 Å². The highest BCUT2D eigenvalue weighted by Gasteiger charge is 2.18. The molecule has 2 heteroatoms. The van der Waals surface area contributed by atoms with Crippen LogP contribution in [-0.2, 0) is 6.42 Å². The molecule has 86 valence electrons. The van der Waals surface area contributed by atoms with Crippen molar-refractivity contribution in [1.29, 1.82) is 0 Å². The third kappa shape index (κ3) is 2.49. The number of hydrogen-bond donors (Lipinski definition) is 0. The molecular weight excluding hydrogens is 206 g/mol. The number of benzene rings is 1. The molecule has 0 saturated carbocycles. The average molecular weight is 222 g/mol. The summed E-state index contributed by atoms with van der Waals surface area (Å²) in [6.07, 6.45) is 5.02. The minimum atomic E-state index is -0.197. The van der Waals surface area contributed by atoms with Crippen LogP contribution in [0.5, 0.6) is 0 Å². The van der Waals surface area contributed by atoms with E-state index in [4.69, 9.17) is 0 Å². The van der Waals surface area contributed by atoms with Crippen LogP contribution in [-0.4, -0.2) is 0 Å². The zero-order valence-corrected chi connectivity index (χ0v) is 9.47. The van der Waals surface area contributed by atoms with Gasteiger partial charge in [-0.25, -0.2) is 8.78 Å². The van der Waals surface area contributed by atoms with Gasteiger partial charge in [0, 0.05) is 5.92 Å². The summed E-state index contributed by atoms with van der Waals surface area (Å²) in [6.45, 7) is 1.74. The van der Waals surface area contributed by atoms with E-state index in [9.17, 15) is 8.78 Å². The third-order valence-electron chi connectivity index (χ3n) is 3.20. The lowest BCUT2D eigenvalue weighted by Gasteiger charge is -2.18. The van der Waals surface area contributed by atoms with Crippen LogP contribution in [0.15, 0.2) is 30.1 Å². The van der Waals surface area contributed by atoms with E-state index < -0.39 is 0 Å². The highest BCUT2D eigenvalue weighted by molar-refractivity contribution is 5.24. The third-order valence-corrected chi connectivity index (χ3v) is 3.20. The summed E-state index contributed by atoms with van der Waals surface area (Å²) in [6, 6.07) is 5.17. The van der Waals surface area contributed by atoms with Gasteiger partial charge in [0.05, 0.1) is 5.83 Å². The van der Waals surface area contributed by atoms with E-state index in [1.165, 1.54) is 6.07 Å². The number of hydrogen-bond acceptors (Lipinski definition) is 0. The van der Waals surface area contributed by atoms with E-state index in [2.05, 4.69) is 0 Å². The minimum absolute atomic E-state index is 0.0211. The predicted molar refractivity (Wildman–Crippen MR) is 61.4 cm³/mol. The maximum atomic E-state index is 13.5. The first-order valence-corrected chi connectivity index (χ1v) is 5.77. The molecule has 1 atom stereocenters. The summed E-state index contributed by atoms with van der Waals surface area (Å²) >= 11 is 0. The molecule has 0 saturated heterocycles. The zero-order valence-electron chi connectivity index (χ0n) is 9.47. The van der Waals surface area contributed by atoms with Crippen molar-refractivity contribution in [2.75, 3.05) is 0 Å². The maximum absolute atomic E-state index is 13.5. The second-order valence-corrected chi connectivity index (χ2v) is 4.50. The van der Waals surface area contributed by atoms with Crippen LogP contribution >= 0.6 is 0 Å². The Morgan fingerprint density at radius 2 is 2.12 bits per heavy atom. The van der Waals surface area contributed by atoms with Crippen molar-refractivity contribution in [3.63, 3.8) is 0 Å². The van der Waals surface area contributed by atoms with Crippen LogP contribution in [0.4, 0.5) is 8.78 Å². The highest BCUT2D eigenvalue weighted by Crippen LogP contribution is 2.29. The van der Waals surface area contributed by atoms with Crippen LogP contribution in [0.3, 0.4) is 0 Å². The van der Waals surface area contributed by atoms with Gasteiger partial charge in [-0.1, -0.05) is 18.2 Å². The van der Waals surface area contributed by atoms with Gasteiger partial charge in [0.2, 0.25) is 0 Å². The molecule has 0 radical (unpaired) electrons. The van der Waals surface area contributed by atoms with E-state index >= 15 is 0 Å². The Morgan fingerprint density at radius 3 is 2.81 bits per heavy atom. The van der Waals surface area contributed by atoms with Gasteiger partial charge in [-0.2, -0.15) is 0 Å². The van der Waals surface area contributed by atoms with Crippen molar-refractivity contribution in [3.8, 4) is 0 Å². The van der Waals surface area contributed by atoms with Crippen molar-refractivity contribution in [1.82, 2.24) is 0 Å². The molecule has 0 amide bonds. The van der Waals surface area contributed by atoms with Crippen molar-refractivity contribution >= 4 is 0 Å². The second kappa shape index (κ2) is 4.77. The lowest BCUT2D eigenvalue weighted by atomic mass is 9.89. The van der Waals surface area contributed by atoms with E-state index in [0.717, 1.165) is 24.8 Å². The number of rotatable bonds is 2. The smallest absolute Gasteiger partial charge is 0.126 e. The summed E-state index contributed by atoms with van der Waals surface area (Å²) in [5.41, 5.74) is 1.53. The van der Waals surface area contributed by atoms with Gasteiger partial charge < -0.3 is 0 Å². The monoisotopic (exact) mass is 222 g/mol. The molecule has 0 aliphatic heterocycles. The van der Waals surface area contributed by atoms with Gasteiger partial charge in [-0.3, -0.25) is 0 Å². The minimum Gasteiger partial charge on any atom is -0.212 e. The number of allylic oxidation sites excluding steroid dienone is 2. The van der Waals surface area contributed by atoms with Gasteiger partial charge in [-0.05, 0) is 49.8 Å². The molecule has 0 fully saturated rings. The summed E-state index contributed by atoms with van der Waals surface area (Å²) < 4.78 is 26.8. The van der Waals surface area contributed by atoms with E-state index in [1.807, 2.05) is 6.07 Å². The second-order valence-electron chi connectivity index (χ2n) is 4.50. The van der Waals surface area contributed by atoms with Crippen LogP contribution in [0.1, 0.15) is 30.4 Å². The van der Waals surface area contributed by atoms with Crippen LogP contribution < -0.4 is 0 Å². The fourth-order valence-corrected chi connectivity index (χ4v) is 2.16. The fourth-order valence-electron chi connectivity index (χ4n) is 2.16. The number of halogens is 2. The van der Waals surface area contributed by atoms with Gasteiger partial charge >= 0.3 is 0 Å². The molecule has 1 unspecified atom stereocenters. The molecule has 2 rings (SSSR count). The first-order chi connectivity index (χ1) is 7.66. The predicted octanol–water partition coefficient (Wildman–Crippen LogP) is 4.33. The van der Waals surface area contributed by atoms with Crippen molar-refractivity contribution in [3.05, 3.63) is 47.0 Å². The molecule has 1 aliphatic carbocycles. The van der Waals surface area contributed by atoms with Crippen LogP contribution in [0, 0.1) is 18.7 Å². The van der Waals surface area contributed by atoms with E-state index in [0.29, 0.717) is 12.0 Å². The summed E-state index contributed by atoms with van der Waals surface area (Å²) in [7, 11) is 0. The van der Waals surface area contributed by atoms with Crippen molar-refractivity contribution < 1.29 is 8.78 Å². The van der Waals surface area contributed by atoms with E-state index in [1.54, 1.807) is 19.1 Å². The Kier molecular flexibility index (Phi) is 3.37. The molecule has 1 aromatic rings. The SMILES string of the molecule is Cc1ccc(CC2CCCC=C2F)cc1F. The molecule has 0 aromatic heterocycles. The quantitative estimate of drug-likeness (QED) is 0.698. The highest BCUT2D eigenvalue weighted by atomic mass is 19.1. The Balaban J connectivity index is 2.11. The summed E-state index contributed by atoms with van der Waals surface area (Å²) in [5.74, 6) is -0.263. The summed E-state index contributed by atoms with van der Waals surface area (Å²) in [5, 5.41) is 0. The molecule has 0 nitrogen and oxygen atoms in total. The lowest BCUT2D eigenvalue weighted by molar-refractivity contribution is 0.404. The lowest BCUT2D eigenvalue weighted by Crippen LogP contribution is -2.09. The first-order valence-electron chi connectivity index (χ1n) is 5.77. The molecule has 1 aromatic carbocycles. The van der Waals surface area contributed by atoms with Crippen LogP contribution in [0.2, 0.25) is 0 Å². The topological polar surface area (TPSA) is 0 Å². The van der Waals surface area contributed by atoms with Gasteiger partial charge in [0.1, 0.15) is 5.82 Å². The molecular formula is C14H16F2. The van der Waals surface area contributed by atoms with Gasteiger partial charge in [0.15, 0.2) is 0 Å². The molecule has 0 heterocycles. The normalized spacial score (nSPS) is 20.7. The first kappa shape index (κ1) is 11.3. The van der Waals surface area contributed by atoms with Gasteiger partial charge in [-0.15, -0.1) is 0 Å². The standard InChI is InChI=1S/C14H16F2/c1-10-6-7-11(9-14(10)16)8-12-4-2-3-5-13(12)15/h5-7,9,12H,2-4,8H2,1H3. The van der Waals surface area contributed by atoms with Crippen LogP contribution in [0.25, 0.3) is 0 Å². The molecule has 0 bridgehead atoms. The molecule has 16 heavy (non-hydrogen) atoms. The average Bonchev–Trinajstić information content (AvgIpc) is 2.27. The molecule has 1 aliphatic rings. The summed E-state index contributed by atoms with van der Waals surface area (Å²) in [4.78, 5) is 0.